The van der Waals surface area contributed by atoms with Crippen molar-refractivity contribution < 1.29 is 14.5 Å². The van der Waals surface area contributed by atoms with E-state index >= 15 is 0 Å². The number of piperazine rings is 1. The summed E-state index contributed by atoms with van der Waals surface area (Å²) in [6.07, 6.45) is 0. The van der Waals surface area contributed by atoms with E-state index in [1.807, 2.05) is 6.92 Å². The van der Waals surface area contributed by atoms with Crippen molar-refractivity contribution in [2.24, 2.45) is 0 Å². The van der Waals surface area contributed by atoms with Gasteiger partial charge in [-0.2, -0.15) is 0 Å². The third-order valence-electron chi connectivity index (χ3n) is 3.28. The van der Waals surface area contributed by atoms with Crippen LogP contribution >= 0.6 is 0 Å². The highest BCUT2D eigenvalue weighted by molar-refractivity contribution is 5.95. The highest BCUT2D eigenvalue weighted by atomic mass is 16.6. The van der Waals surface area contributed by atoms with Crippen LogP contribution < -0.4 is 10.1 Å². The zero-order chi connectivity index (χ0) is 14.7. The summed E-state index contributed by atoms with van der Waals surface area (Å²) >= 11 is 0. The van der Waals surface area contributed by atoms with E-state index in [0.717, 1.165) is 6.54 Å². The zero-order valence-electron chi connectivity index (χ0n) is 11.5. The van der Waals surface area contributed by atoms with Gasteiger partial charge in [-0.3, -0.25) is 14.9 Å². The molecule has 1 aromatic carbocycles. The Morgan fingerprint density at radius 2 is 2.30 bits per heavy atom. The quantitative estimate of drug-likeness (QED) is 0.660. The van der Waals surface area contributed by atoms with Crippen LogP contribution in [-0.4, -0.2) is 48.5 Å². The molecule has 0 aromatic heterocycles. The van der Waals surface area contributed by atoms with Crippen LogP contribution in [0.25, 0.3) is 0 Å². The van der Waals surface area contributed by atoms with Gasteiger partial charge in [0.2, 0.25) is 0 Å². The highest BCUT2D eigenvalue weighted by Gasteiger charge is 2.24. The highest BCUT2D eigenvalue weighted by Crippen LogP contribution is 2.28. The average molecular weight is 279 g/mol. The minimum atomic E-state index is -0.528. The second-order valence-electron chi connectivity index (χ2n) is 4.75. The SMILES string of the molecule is COc1cc(C(=O)N2CCN[C@H](C)C2)ccc1[N+](=O)[O-]. The summed E-state index contributed by atoms with van der Waals surface area (Å²) in [6, 6.07) is 4.44. The number of ether oxygens (including phenoxy) is 1. The number of nitrogens with zero attached hydrogens (tertiary/aromatic N) is 2. The number of rotatable bonds is 3. The van der Waals surface area contributed by atoms with Gasteiger partial charge in [-0.1, -0.05) is 0 Å². The molecule has 0 spiro atoms. The van der Waals surface area contributed by atoms with Crippen LogP contribution in [-0.2, 0) is 0 Å². The van der Waals surface area contributed by atoms with Gasteiger partial charge in [0, 0.05) is 43.4 Å². The molecule has 1 aliphatic rings. The molecule has 1 amide bonds. The van der Waals surface area contributed by atoms with Crippen molar-refractivity contribution in [3.05, 3.63) is 33.9 Å². The summed E-state index contributed by atoms with van der Waals surface area (Å²) < 4.78 is 4.98. The van der Waals surface area contributed by atoms with E-state index in [1.165, 1.54) is 25.3 Å². The standard InChI is InChI=1S/C13H17N3O4/c1-9-8-15(6-5-14-9)13(17)10-3-4-11(16(18)19)12(7-10)20-2/h3-4,7,9,14H,5-6,8H2,1-2H3/t9-/m1/s1. The Balaban J connectivity index is 2.24. The fraction of sp³-hybridized carbons (Fsp3) is 0.462. The van der Waals surface area contributed by atoms with E-state index in [-0.39, 0.29) is 23.4 Å². The summed E-state index contributed by atoms with van der Waals surface area (Å²) in [5, 5.41) is 14.1. The van der Waals surface area contributed by atoms with Gasteiger partial charge in [-0.15, -0.1) is 0 Å². The Morgan fingerprint density at radius 3 is 2.90 bits per heavy atom. The van der Waals surface area contributed by atoms with Gasteiger partial charge in [0.05, 0.1) is 12.0 Å². The Hall–Kier alpha value is -2.15. The van der Waals surface area contributed by atoms with Gasteiger partial charge < -0.3 is 15.0 Å². The van der Waals surface area contributed by atoms with Gasteiger partial charge in [0.15, 0.2) is 5.75 Å². The molecular formula is C13H17N3O4. The molecule has 0 bridgehead atoms. The molecule has 0 unspecified atom stereocenters. The van der Waals surface area contributed by atoms with Crippen molar-refractivity contribution in [1.29, 1.82) is 0 Å². The second kappa shape index (κ2) is 5.87. The van der Waals surface area contributed by atoms with Crippen molar-refractivity contribution in [2.45, 2.75) is 13.0 Å². The molecule has 1 N–H and O–H groups in total. The number of nitro groups is 1. The maximum Gasteiger partial charge on any atom is 0.310 e. The Morgan fingerprint density at radius 1 is 1.55 bits per heavy atom. The van der Waals surface area contributed by atoms with Crippen molar-refractivity contribution in [3.8, 4) is 5.75 Å². The van der Waals surface area contributed by atoms with E-state index in [4.69, 9.17) is 4.74 Å². The number of nitrogens with one attached hydrogen (secondary N) is 1. The Kier molecular flexibility index (Phi) is 4.19. The summed E-state index contributed by atoms with van der Waals surface area (Å²) in [4.78, 5) is 24.4. The largest absolute Gasteiger partial charge is 0.490 e. The first-order valence-corrected chi connectivity index (χ1v) is 6.38. The van der Waals surface area contributed by atoms with E-state index in [0.29, 0.717) is 18.7 Å². The van der Waals surface area contributed by atoms with E-state index < -0.39 is 4.92 Å². The molecule has 7 heteroatoms. The number of benzene rings is 1. The smallest absolute Gasteiger partial charge is 0.310 e. The lowest BCUT2D eigenvalue weighted by Crippen LogP contribution is -2.51. The van der Waals surface area contributed by atoms with E-state index in [1.54, 1.807) is 4.90 Å². The number of carbonyl (C=O) groups is 1. The van der Waals surface area contributed by atoms with E-state index in [2.05, 4.69) is 5.32 Å². The first kappa shape index (κ1) is 14.3. The molecular weight excluding hydrogens is 262 g/mol. The topological polar surface area (TPSA) is 84.7 Å². The molecule has 1 saturated heterocycles. The van der Waals surface area contributed by atoms with Crippen molar-refractivity contribution in [3.63, 3.8) is 0 Å². The fourth-order valence-corrected chi connectivity index (χ4v) is 2.26. The molecule has 7 nitrogen and oxygen atoms in total. The van der Waals surface area contributed by atoms with Crippen LogP contribution in [0.1, 0.15) is 17.3 Å². The van der Waals surface area contributed by atoms with Gasteiger partial charge >= 0.3 is 5.69 Å². The lowest BCUT2D eigenvalue weighted by molar-refractivity contribution is -0.385. The number of amides is 1. The molecule has 0 aliphatic carbocycles. The first-order chi connectivity index (χ1) is 9.52. The molecule has 0 saturated carbocycles. The maximum absolute atomic E-state index is 12.4. The molecule has 1 fully saturated rings. The van der Waals surface area contributed by atoms with Crippen molar-refractivity contribution in [1.82, 2.24) is 10.2 Å². The maximum atomic E-state index is 12.4. The molecule has 2 rings (SSSR count). The Bertz CT molecular complexity index is 532. The molecule has 1 atom stereocenters. The van der Waals surface area contributed by atoms with Gasteiger partial charge in [-0.25, -0.2) is 0 Å². The fourth-order valence-electron chi connectivity index (χ4n) is 2.26. The minimum Gasteiger partial charge on any atom is -0.490 e. The summed E-state index contributed by atoms with van der Waals surface area (Å²) in [7, 11) is 1.35. The van der Waals surface area contributed by atoms with Gasteiger partial charge in [-0.05, 0) is 13.0 Å². The monoisotopic (exact) mass is 279 g/mol. The van der Waals surface area contributed by atoms with Crippen LogP contribution in [0.3, 0.4) is 0 Å². The number of hydrogen-bond acceptors (Lipinski definition) is 5. The third-order valence-corrected chi connectivity index (χ3v) is 3.28. The summed E-state index contributed by atoms with van der Waals surface area (Å²) in [5.74, 6) is -0.0319. The molecule has 1 aliphatic heterocycles. The Labute approximate surface area is 116 Å². The predicted octanol–water partition coefficient (Wildman–Crippen LogP) is 1.04. The van der Waals surface area contributed by atoms with Gasteiger partial charge in [0.1, 0.15) is 0 Å². The predicted molar refractivity (Wildman–Crippen MR) is 73.0 cm³/mol. The van der Waals surface area contributed by atoms with Crippen molar-refractivity contribution >= 4 is 11.6 Å². The molecule has 20 heavy (non-hydrogen) atoms. The lowest BCUT2D eigenvalue weighted by Gasteiger charge is -2.32. The van der Waals surface area contributed by atoms with Crippen LogP contribution in [0.4, 0.5) is 5.69 Å². The third kappa shape index (κ3) is 2.88. The number of carbonyl (C=O) groups excluding carboxylic acids is 1. The summed E-state index contributed by atoms with van der Waals surface area (Å²) in [5.41, 5.74) is 0.263. The number of methoxy groups -OCH3 is 1. The first-order valence-electron chi connectivity index (χ1n) is 6.38. The van der Waals surface area contributed by atoms with Crippen LogP contribution in [0.15, 0.2) is 18.2 Å². The normalized spacial score (nSPS) is 18.7. The van der Waals surface area contributed by atoms with Crippen LogP contribution in [0.2, 0.25) is 0 Å². The van der Waals surface area contributed by atoms with Crippen LogP contribution in [0, 0.1) is 10.1 Å². The molecule has 0 radical (unpaired) electrons. The van der Waals surface area contributed by atoms with Gasteiger partial charge in [0.25, 0.3) is 5.91 Å². The second-order valence-corrected chi connectivity index (χ2v) is 4.75. The average Bonchev–Trinajstić information content (AvgIpc) is 2.45. The molecule has 1 aromatic rings. The molecule has 108 valence electrons. The van der Waals surface area contributed by atoms with Crippen molar-refractivity contribution in [2.75, 3.05) is 26.7 Å². The van der Waals surface area contributed by atoms with E-state index in [9.17, 15) is 14.9 Å². The zero-order valence-corrected chi connectivity index (χ0v) is 11.5. The molecule has 1 heterocycles. The number of hydrogen-bond donors (Lipinski definition) is 1. The lowest BCUT2D eigenvalue weighted by atomic mass is 10.1. The number of nitro benzene ring substituents is 1. The van der Waals surface area contributed by atoms with Crippen LogP contribution in [0.5, 0.6) is 5.75 Å². The summed E-state index contributed by atoms with van der Waals surface area (Å²) in [6.45, 7) is 4.01. The minimum absolute atomic E-state index is 0.101.